The van der Waals surface area contributed by atoms with E-state index in [9.17, 15) is 14.0 Å². The first kappa shape index (κ1) is 18.7. The molecule has 1 fully saturated rings. The van der Waals surface area contributed by atoms with Gasteiger partial charge in [-0.25, -0.2) is 4.39 Å². The van der Waals surface area contributed by atoms with Crippen molar-refractivity contribution in [3.63, 3.8) is 0 Å². The second kappa shape index (κ2) is 7.64. The molecule has 1 aliphatic heterocycles. The van der Waals surface area contributed by atoms with E-state index in [1.807, 2.05) is 4.90 Å². The molecule has 136 valence electrons. The topological polar surface area (TPSA) is 40.6 Å². The summed E-state index contributed by atoms with van der Waals surface area (Å²) in [5.74, 6) is -0.846. The molecule has 1 aliphatic rings. The van der Waals surface area contributed by atoms with Gasteiger partial charge in [-0.2, -0.15) is 0 Å². The van der Waals surface area contributed by atoms with Gasteiger partial charge < -0.3 is 9.80 Å². The van der Waals surface area contributed by atoms with E-state index in [1.165, 1.54) is 13.0 Å². The molecule has 0 saturated carbocycles. The van der Waals surface area contributed by atoms with E-state index >= 15 is 0 Å². The summed E-state index contributed by atoms with van der Waals surface area (Å²) in [5.41, 5.74) is 1.06. The van der Waals surface area contributed by atoms with Crippen molar-refractivity contribution in [3.05, 3.63) is 63.4 Å². The number of piperazine rings is 1. The first-order chi connectivity index (χ1) is 12.4. The van der Waals surface area contributed by atoms with Crippen LogP contribution < -0.4 is 4.90 Å². The van der Waals surface area contributed by atoms with Crippen molar-refractivity contribution in [1.29, 1.82) is 0 Å². The third-order valence-corrected chi connectivity index (χ3v) is 5.07. The molecule has 26 heavy (non-hydrogen) atoms. The Morgan fingerprint density at radius 2 is 1.62 bits per heavy atom. The monoisotopic (exact) mass is 394 g/mol. The van der Waals surface area contributed by atoms with Gasteiger partial charge in [0, 0.05) is 31.7 Å². The quantitative estimate of drug-likeness (QED) is 0.728. The Kier molecular flexibility index (Phi) is 5.49. The number of benzene rings is 2. The van der Waals surface area contributed by atoms with Gasteiger partial charge in [0.25, 0.3) is 5.91 Å². The summed E-state index contributed by atoms with van der Waals surface area (Å²) in [7, 11) is 0. The molecule has 0 atom stereocenters. The molecule has 4 nitrogen and oxygen atoms in total. The number of carbonyl (C=O) groups excluding carboxylic acids is 2. The van der Waals surface area contributed by atoms with Gasteiger partial charge in [0.15, 0.2) is 5.78 Å². The molecule has 0 N–H and O–H groups in total. The molecule has 0 bridgehead atoms. The van der Waals surface area contributed by atoms with Crippen LogP contribution in [0.5, 0.6) is 0 Å². The predicted octanol–water partition coefficient (Wildman–Crippen LogP) is 4.30. The van der Waals surface area contributed by atoms with Gasteiger partial charge >= 0.3 is 0 Å². The van der Waals surface area contributed by atoms with Crippen LogP contribution >= 0.6 is 23.2 Å². The highest BCUT2D eigenvalue weighted by atomic mass is 35.5. The molecule has 1 amide bonds. The number of anilines is 1. The summed E-state index contributed by atoms with van der Waals surface area (Å²) in [6, 6.07) is 9.41. The van der Waals surface area contributed by atoms with Crippen LogP contribution in [-0.2, 0) is 0 Å². The number of hydrogen-bond acceptors (Lipinski definition) is 3. The average Bonchev–Trinajstić information content (AvgIpc) is 2.61. The molecule has 0 aliphatic carbocycles. The highest BCUT2D eigenvalue weighted by Crippen LogP contribution is 2.27. The summed E-state index contributed by atoms with van der Waals surface area (Å²) >= 11 is 12.2. The largest absolute Gasteiger partial charge is 0.366 e. The molecule has 1 saturated heterocycles. The predicted molar refractivity (Wildman–Crippen MR) is 101 cm³/mol. The lowest BCUT2D eigenvalue weighted by Gasteiger charge is -2.36. The van der Waals surface area contributed by atoms with Crippen LogP contribution in [0.1, 0.15) is 27.6 Å². The summed E-state index contributed by atoms with van der Waals surface area (Å²) in [4.78, 5) is 27.6. The molecule has 0 radical (unpaired) electrons. The lowest BCUT2D eigenvalue weighted by atomic mass is 10.1. The van der Waals surface area contributed by atoms with Gasteiger partial charge in [-0.1, -0.05) is 29.3 Å². The van der Waals surface area contributed by atoms with Crippen molar-refractivity contribution >= 4 is 40.6 Å². The molecule has 7 heteroatoms. The zero-order valence-corrected chi connectivity index (χ0v) is 15.6. The maximum absolute atomic E-state index is 14.3. The van der Waals surface area contributed by atoms with Crippen molar-refractivity contribution in [2.75, 3.05) is 31.1 Å². The van der Waals surface area contributed by atoms with Gasteiger partial charge in [0.05, 0.1) is 21.3 Å². The third kappa shape index (κ3) is 3.69. The highest BCUT2D eigenvalue weighted by Gasteiger charge is 2.26. The molecule has 0 unspecified atom stereocenters. The van der Waals surface area contributed by atoms with E-state index in [4.69, 9.17) is 23.2 Å². The second-order valence-electron chi connectivity index (χ2n) is 6.10. The van der Waals surface area contributed by atoms with Crippen LogP contribution in [0.3, 0.4) is 0 Å². The number of amides is 1. The van der Waals surface area contributed by atoms with Gasteiger partial charge in [-0.3, -0.25) is 9.59 Å². The zero-order chi connectivity index (χ0) is 18.8. The van der Waals surface area contributed by atoms with Gasteiger partial charge in [0.1, 0.15) is 5.82 Å². The van der Waals surface area contributed by atoms with Crippen LogP contribution in [0, 0.1) is 5.82 Å². The lowest BCUT2D eigenvalue weighted by molar-refractivity contribution is 0.0746. The van der Waals surface area contributed by atoms with Gasteiger partial charge in [-0.15, -0.1) is 0 Å². The average molecular weight is 395 g/mol. The Hall–Kier alpha value is -2.11. The van der Waals surface area contributed by atoms with Crippen molar-refractivity contribution < 1.29 is 14.0 Å². The Bertz CT molecular complexity index is 844. The molecular weight excluding hydrogens is 378 g/mol. The summed E-state index contributed by atoms with van der Waals surface area (Å²) in [6.07, 6.45) is 0. The Balaban J connectivity index is 1.71. The number of rotatable bonds is 3. The molecule has 0 spiro atoms. The van der Waals surface area contributed by atoms with Crippen molar-refractivity contribution in [2.24, 2.45) is 0 Å². The van der Waals surface area contributed by atoms with Crippen molar-refractivity contribution in [1.82, 2.24) is 4.90 Å². The first-order valence-corrected chi connectivity index (χ1v) is 8.93. The number of Topliss-reactive ketones (excluding diaryl/α,β-unsaturated/α-hetero) is 1. The number of halogens is 3. The SMILES string of the molecule is CC(=O)c1ccc(N2CCN(C(=O)c3c(Cl)cccc3Cl)CC2)c(F)c1. The second-order valence-corrected chi connectivity index (χ2v) is 6.91. The fourth-order valence-corrected chi connectivity index (χ4v) is 3.55. The Morgan fingerprint density at radius 3 is 2.15 bits per heavy atom. The minimum absolute atomic E-state index is 0.178. The van der Waals surface area contributed by atoms with Crippen molar-refractivity contribution in [2.45, 2.75) is 6.92 Å². The molecule has 0 aromatic heterocycles. The highest BCUT2D eigenvalue weighted by molar-refractivity contribution is 6.39. The van der Waals surface area contributed by atoms with E-state index in [2.05, 4.69) is 0 Å². The summed E-state index contributed by atoms with van der Waals surface area (Å²) < 4.78 is 14.3. The molecule has 2 aromatic carbocycles. The van der Waals surface area contributed by atoms with E-state index in [1.54, 1.807) is 35.2 Å². The van der Waals surface area contributed by atoms with Crippen LogP contribution in [-0.4, -0.2) is 42.8 Å². The molecular formula is C19H17Cl2FN2O2. The van der Waals surface area contributed by atoms with E-state index < -0.39 is 5.82 Å². The number of carbonyl (C=O) groups is 2. The van der Waals surface area contributed by atoms with Crippen LogP contribution in [0.2, 0.25) is 10.0 Å². The number of nitrogens with zero attached hydrogens (tertiary/aromatic N) is 2. The summed E-state index contributed by atoms with van der Waals surface area (Å²) in [6.45, 7) is 3.20. The Labute approximate surface area is 161 Å². The molecule has 3 rings (SSSR count). The normalized spacial score (nSPS) is 14.5. The molecule has 2 aromatic rings. The fourth-order valence-electron chi connectivity index (χ4n) is 2.99. The van der Waals surface area contributed by atoms with Gasteiger partial charge in [-0.05, 0) is 37.3 Å². The summed E-state index contributed by atoms with van der Waals surface area (Å²) in [5, 5.41) is 0.631. The number of ketones is 1. The Morgan fingerprint density at radius 1 is 1.00 bits per heavy atom. The number of hydrogen-bond donors (Lipinski definition) is 0. The van der Waals surface area contributed by atoms with Crippen molar-refractivity contribution in [3.8, 4) is 0 Å². The standard InChI is InChI=1S/C19H17Cl2FN2O2/c1-12(25)13-5-6-17(16(22)11-13)23-7-9-24(10-8-23)19(26)18-14(20)3-2-4-15(18)21/h2-6,11H,7-10H2,1H3. The van der Waals surface area contributed by atoms with E-state index in [-0.39, 0.29) is 11.7 Å². The lowest BCUT2D eigenvalue weighted by Crippen LogP contribution is -2.49. The minimum atomic E-state index is -0.438. The first-order valence-electron chi connectivity index (χ1n) is 8.17. The minimum Gasteiger partial charge on any atom is -0.366 e. The van der Waals surface area contributed by atoms with Crippen LogP contribution in [0.4, 0.5) is 10.1 Å². The third-order valence-electron chi connectivity index (χ3n) is 4.44. The fraction of sp³-hybridized carbons (Fsp3) is 0.263. The van der Waals surface area contributed by atoms with Crippen LogP contribution in [0.25, 0.3) is 0 Å². The zero-order valence-electron chi connectivity index (χ0n) is 14.1. The molecule has 1 heterocycles. The van der Waals surface area contributed by atoms with Crippen LogP contribution in [0.15, 0.2) is 36.4 Å². The maximum Gasteiger partial charge on any atom is 0.257 e. The smallest absolute Gasteiger partial charge is 0.257 e. The van der Waals surface area contributed by atoms with E-state index in [0.29, 0.717) is 53.0 Å². The van der Waals surface area contributed by atoms with Gasteiger partial charge in [0.2, 0.25) is 0 Å². The van der Waals surface area contributed by atoms with E-state index in [0.717, 1.165) is 0 Å². The maximum atomic E-state index is 14.3.